The molecular formula is C18H21NO2. The van der Waals surface area contributed by atoms with Gasteiger partial charge in [0.25, 0.3) is 0 Å². The van der Waals surface area contributed by atoms with Gasteiger partial charge >= 0.3 is 0 Å². The molecule has 0 unspecified atom stereocenters. The number of aromatic hydroxyl groups is 1. The summed E-state index contributed by atoms with van der Waals surface area (Å²) in [6.45, 7) is 7.48. The second-order valence-corrected chi connectivity index (χ2v) is 6.18. The second kappa shape index (κ2) is 5.60. The van der Waals surface area contributed by atoms with Crippen LogP contribution in [0.25, 0.3) is 11.1 Å². The Morgan fingerprint density at radius 1 is 1.05 bits per heavy atom. The smallest absolute Gasteiger partial charge is 0.162 e. The topological polar surface area (TPSA) is 49.3 Å². The Hall–Kier alpha value is -2.29. The standard InChI is InChI=1S/C18H21NO2/c1-12(20)14-10-11-15(13-8-6-5-7-9-13)17(21)16(14)19-18(2,3)4/h5-11,19,21H,1-4H3. The Morgan fingerprint density at radius 2 is 1.67 bits per heavy atom. The Morgan fingerprint density at radius 3 is 2.19 bits per heavy atom. The molecule has 3 nitrogen and oxygen atoms in total. The molecule has 0 fully saturated rings. The van der Waals surface area contributed by atoms with E-state index in [0.717, 1.165) is 5.56 Å². The Labute approximate surface area is 125 Å². The van der Waals surface area contributed by atoms with E-state index in [1.54, 1.807) is 12.1 Å². The molecule has 0 amide bonds. The molecule has 0 heterocycles. The van der Waals surface area contributed by atoms with E-state index in [-0.39, 0.29) is 17.1 Å². The van der Waals surface area contributed by atoms with Gasteiger partial charge < -0.3 is 10.4 Å². The molecule has 0 bridgehead atoms. The maximum absolute atomic E-state index is 11.8. The number of anilines is 1. The van der Waals surface area contributed by atoms with Crippen LogP contribution in [0.3, 0.4) is 0 Å². The number of nitrogens with one attached hydrogen (secondary N) is 1. The summed E-state index contributed by atoms with van der Waals surface area (Å²) in [7, 11) is 0. The molecule has 0 aliphatic carbocycles. The third-order valence-electron chi connectivity index (χ3n) is 3.14. The zero-order chi connectivity index (χ0) is 15.6. The van der Waals surface area contributed by atoms with Gasteiger partial charge in [0.15, 0.2) is 5.78 Å². The summed E-state index contributed by atoms with van der Waals surface area (Å²) in [6, 6.07) is 13.2. The third kappa shape index (κ3) is 3.43. The highest BCUT2D eigenvalue weighted by atomic mass is 16.3. The first-order chi connectivity index (χ1) is 9.79. The fraction of sp³-hybridized carbons (Fsp3) is 0.278. The number of carbonyl (C=O) groups excluding carboxylic acids is 1. The molecule has 0 aromatic heterocycles. The van der Waals surface area contributed by atoms with Crippen LogP contribution in [0.1, 0.15) is 38.1 Å². The van der Waals surface area contributed by atoms with Crippen LogP contribution in [0.15, 0.2) is 42.5 Å². The van der Waals surface area contributed by atoms with Crippen molar-refractivity contribution in [1.29, 1.82) is 0 Å². The van der Waals surface area contributed by atoms with Crippen molar-refractivity contribution in [2.45, 2.75) is 33.2 Å². The number of phenolic OH excluding ortho intramolecular Hbond substituents is 1. The molecule has 2 N–H and O–H groups in total. The lowest BCUT2D eigenvalue weighted by atomic mass is 9.97. The van der Waals surface area contributed by atoms with Crippen molar-refractivity contribution in [3.8, 4) is 16.9 Å². The molecule has 0 aliphatic heterocycles. The van der Waals surface area contributed by atoms with Crippen LogP contribution < -0.4 is 5.32 Å². The zero-order valence-electron chi connectivity index (χ0n) is 12.9. The molecule has 2 rings (SSSR count). The van der Waals surface area contributed by atoms with E-state index < -0.39 is 0 Å². The van der Waals surface area contributed by atoms with Crippen molar-refractivity contribution < 1.29 is 9.90 Å². The van der Waals surface area contributed by atoms with Crippen molar-refractivity contribution in [3.63, 3.8) is 0 Å². The minimum Gasteiger partial charge on any atom is -0.505 e. The molecule has 3 heteroatoms. The number of carbonyl (C=O) groups is 1. The van der Waals surface area contributed by atoms with Crippen LogP contribution in [-0.2, 0) is 0 Å². The average molecular weight is 283 g/mol. The lowest BCUT2D eigenvalue weighted by Gasteiger charge is -2.25. The molecule has 0 radical (unpaired) electrons. The van der Waals surface area contributed by atoms with Crippen molar-refractivity contribution in [3.05, 3.63) is 48.0 Å². The summed E-state index contributed by atoms with van der Waals surface area (Å²) in [5.41, 5.74) is 2.38. The number of hydrogen-bond acceptors (Lipinski definition) is 3. The van der Waals surface area contributed by atoms with Gasteiger partial charge in [0, 0.05) is 16.7 Å². The van der Waals surface area contributed by atoms with Gasteiger partial charge in [-0.05, 0) is 45.4 Å². The highest BCUT2D eigenvalue weighted by molar-refractivity contribution is 6.02. The normalized spacial score (nSPS) is 11.2. The van der Waals surface area contributed by atoms with Crippen LogP contribution in [0, 0.1) is 0 Å². The first kappa shape index (κ1) is 15.1. The van der Waals surface area contributed by atoms with Crippen molar-refractivity contribution in [2.75, 3.05) is 5.32 Å². The monoisotopic (exact) mass is 283 g/mol. The van der Waals surface area contributed by atoms with Crippen molar-refractivity contribution in [2.24, 2.45) is 0 Å². The van der Waals surface area contributed by atoms with Gasteiger partial charge in [0.1, 0.15) is 5.75 Å². The Kier molecular flexibility index (Phi) is 4.03. The molecule has 0 aliphatic rings. The van der Waals surface area contributed by atoms with Gasteiger partial charge in [-0.25, -0.2) is 0 Å². The van der Waals surface area contributed by atoms with E-state index in [9.17, 15) is 9.90 Å². The van der Waals surface area contributed by atoms with E-state index in [4.69, 9.17) is 0 Å². The minimum atomic E-state index is -0.253. The average Bonchev–Trinajstić information content (AvgIpc) is 2.40. The van der Waals surface area contributed by atoms with Crippen molar-refractivity contribution >= 4 is 11.5 Å². The summed E-state index contributed by atoms with van der Waals surface area (Å²) in [4.78, 5) is 11.8. The molecule has 2 aromatic rings. The molecular weight excluding hydrogens is 262 g/mol. The van der Waals surface area contributed by atoms with E-state index in [0.29, 0.717) is 16.8 Å². The number of benzene rings is 2. The van der Waals surface area contributed by atoms with Gasteiger partial charge in [-0.1, -0.05) is 30.3 Å². The molecule has 0 saturated heterocycles. The molecule has 0 spiro atoms. The number of hydrogen-bond donors (Lipinski definition) is 2. The van der Waals surface area contributed by atoms with Crippen molar-refractivity contribution in [1.82, 2.24) is 0 Å². The first-order valence-electron chi connectivity index (χ1n) is 7.00. The fourth-order valence-electron chi connectivity index (χ4n) is 2.24. The second-order valence-electron chi connectivity index (χ2n) is 6.18. The maximum atomic E-state index is 11.8. The maximum Gasteiger partial charge on any atom is 0.162 e. The first-order valence-corrected chi connectivity index (χ1v) is 7.00. The van der Waals surface area contributed by atoms with Gasteiger partial charge in [0.05, 0.1) is 5.69 Å². The quantitative estimate of drug-likeness (QED) is 0.645. The van der Waals surface area contributed by atoms with Crippen LogP contribution in [0.5, 0.6) is 5.75 Å². The number of rotatable bonds is 3. The number of ketones is 1. The SMILES string of the molecule is CC(=O)c1ccc(-c2ccccc2)c(O)c1NC(C)(C)C. The molecule has 0 saturated carbocycles. The zero-order valence-corrected chi connectivity index (χ0v) is 12.9. The van der Waals surface area contributed by atoms with E-state index >= 15 is 0 Å². The summed E-state index contributed by atoms with van der Waals surface area (Å²) >= 11 is 0. The van der Waals surface area contributed by atoms with Gasteiger partial charge in [0.2, 0.25) is 0 Å². The minimum absolute atomic E-state index is 0.0725. The highest BCUT2D eigenvalue weighted by Gasteiger charge is 2.20. The molecule has 2 aromatic carbocycles. The van der Waals surface area contributed by atoms with Gasteiger partial charge in [-0.15, -0.1) is 0 Å². The van der Waals surface area contributed by atoms with E-state index in [1.807, 2.05) is 51.1 Å². The predicted octanol–water partition coefficient (Wildman–Crippen LogP) is 4.47. The van der Waals surface area contributed by atoms with Crippen LogP contribution in [0.2, 0.25) is 0 Å². The van der Waals surface area contributed by atoms with Crippen LogP contribution >= 0.6 is 0 Å². The highest BCUT2D eigenvalue weighted by Crippen LogP contribution is 2.39. The number of Topliss-reactive ketones (excluding diaryl/α,β-unsaturated/α-hetero) is 1. The summed E-state index contributed by atoms with van der Waals surface area (Å²) in [5.74, 6) is 0.0421. The number of phenols is 1. The Bertz CT molecular complexity index is 655. The summed E-state index contributed by atoms with van der Waals surface area (Å²) < 4.78 is 0. The Balaban J connectivity index is 2.62. The predicted molar refractivity (Wildman–Crippen MR) is 86.9 cm³/mol. The van der Waals surface area contributed by atoms with Crippen LogP contribution in [-0.4, -0.2) is 16.4 Å². The van der Waals surface area contributed by atoms with Gasteiger partial charge in [-0.3, -0.25) is 4.79 Å². The third-order valence-corrected chi connectivity index (χ3v) is 3.14. The summed E-state index contributed by atoms with van der Waals surface area (Å²) in [5, 5.41) is 13.9. The van der Waals surface area contributed by atoms with Crippen LogP contribution in [0.4, 0.5) is 5.69 Å². The molecule has 110 valence electrons. The fourth-order valence-corrected chi connectivity index (χ4v) is 2.24. The lowest BCUT2D eigenvalue weighted by Crippen LogP contribution is -2.27. The molecule has 0 atom stereocenters. The molecule has 21 heavy (non-hydrogen) atoms. The lowest BCUT2D eigenvalue weighted by molar-refractivity contribution is 0.101. The van der Waals surface area contributed by atoms with E-state index in [1.165, 1.54) is 6.92 Å². The largest absolute Gasteiger partial charge is 0.505 e. The van der Waals surface area contributed by atoms with E-state index in [2.05, 4.69) is 5.32 Å². The van der Waals surface area contributed by atoms with Gasteiger partial charge in [-0.2, -0.15) is 0 Å². The summed E-state index contributed by atoms with van der Waals surface area (Å²) in [6.07, 6.45) is 0.